The minimum atomic E-state index is -0.348. The van der Waals surface area contributed by atoms with Gasteiger partial charge in [0.15, 0.2) is 0 Å². The lowest BCUT2D eigenvalue weighted by Gasteiger charge is -2.21. The molecule has 0 aliphatic carbocycles. The highest BCUT2D eigenvalue weighted by molar-refractivity contribution is 6.01. The predicted molar refractivity (Wildman–Crippen MR) is 83.8 cm³/mol. The third-order valence-corrected chi connectivity index (χ3v) is 3.49. The minimum absolute atomic E-state index is 0.0907. The first-order chi connectivity index (χ1) is 10.5. The Morgan fingerprint density at radius 3 is 2.32 bits per heavy atom. The van der Waals surface area contributed by atoms with Gasteiger partial charge in [0.1, 0.15) is 5.82 Å². The van der Waals surface area contributed by atoms with E-state index in [0.29, 0.717) is 35.6 Å². The van der Waals surface area contributed by atoms with Gasteiger partial charge in [-0.1, -0.05) is 0 Å². The maximum Gasteiger partial charge on any atom is 0.257 e. The molecule has 1 amide bonds. The maximum atomic E-state index is 13.1. The molecule has 1 aromatic carbocycles. The fraction of sp³-hybridized carbons (Fsp3) is 0.312. The first-order valence-electron chi connectivity index (χ1n) is 7.17. The molecule has 116 valence electrons. The number of nitrogens with two attached hydrogens (primary N) is 1. The molecule has 0 unspecified atom stereocenters. The van der Waals surface area contributed by atoms with E-state index in [1.165, 1.54) is 12.1 Å². The molecule has 0 atom stereocenters. The van der Waals surface area contributed by atoms with E-state index in [1.54, 1.807) is 24.0 Å². The Labute approximate surface area is 129 Å². The van der Waals surface area contributed by atoms with Crippen molar-refractivity contribution in [2.45, 2.75) is 20.8 Å². The van der Waals surface area contributed by atoms with E-state index in [1.807, 2.05) is 13.8 Å². The molecule has 0 saturated carbocycles. The number of anilines is 1. The Balaban J connectivity index is 2.62. The summed E-state index contributed by atoms with van der Waals surface area (Å²) in [5.74, 6) is -0.408. The second-order valence-electron chi connectivity index (χ2n) is 4.88. The summed E-state index contributed by atoms with van der Waals surface area (Å²) >= 11 is 0. The van der Waals surface area contributed by atoms with E-state index in [9.17, 15) is 9.18 Å². The molecule has 1 aromatic heterocycles. The van der Waals surface area contributed by atoms with Gasteiger partial charge >= 0.3 is 0 Å². The molecule has 0 bridgehead atoms. The number of carbonyl (C=O) groups excluding carboxylic acids is 1. The van der Waals surface area contributed by atoms with Crippen molar-refractivity contribution in [3.8, 4) is 11.3 Å². The zero-order valence-electron chi connectivity index (χ0n) is 12.9. The van der Waals surface area contributed by atoms with Crippen molar-refractivity contribution in [1.82, 2.24) is 14.9 Å². The second-order valence-corrected chi connectivity index (χ2v) is 4.88. The largest absolute Gasteiger partial charge is 0.368 e. The van der Waals surface area contributed by atoms with Crippen LogP contribution in [0.1, 0.15) is 29.9 Å². The molecule has 0 fully saturated rings. The molecule has 5 nitrogen and oxygen atoms in total. The van der Waals surface area contributed by atoms with Crippen LogP contribution >= 0.6 is 0 Å². The molecule has 0 aliphatic rings. The van der Waals surface area contributed by atoms with Crippen LogP contribution in [-0.4, -0.2) is 33.9 Å². The number of nitrogens with zero attached hydrogens (tertiary/aromatic N) is 3. The van der Waals surface area contributed by atoms with E-state index >= 15 is 0 Å². The standard InChI is InChI=1S/C16H19FN4O/c1-4-21(5-2)15(22)13-10(3)19-16(18)20-14(13)11-6-8-12(17)9-7-11/h6-9H,4-5H2,1-3H3,(H2,18,19,20). The molecule has 1 heterocycles. The van der Waals surface area contributed by atoms with Crippen LogP contribution in [0.25, 0.3) is 11.3 Å². The van der Waals surface area contributed by atoms with Crippen molar-refractivity contribution < 1.29 is 9.18 Å². The molecule has 0 aliphatic heterocycles. The van der Waals surface area contributed by atoms with Gasteiger partial charge in [0.05, 0.1) is 17.0 Å². The van der Waals surface area contributed by atoms with Gasteiger partial charge < -0.3 is 10.6 Å². The number of rotatable bonds is 4. The number of aryl methyl sites for hydroxylation is 1. The van der Waals surface area contributed by atoms with Gasteiger partial charge in [0, 0.05) is 18.7 Å². The van der Waals surface area contributed by atoms with Gasteiger partial charge in [-0.3, -0.25) is 4.79 Å². The SMILES string of the molecule is CCN(CC)C(=O)c1c(C)nc(N)nc1-c1ccc(F)cc1. The van der Waals surface area contributed by atoms with Crippen LogP contribution in [0.4, 0.5) is 10.3 Å². The van der Waals surface area contributed by atoms with Crippen molar-refractivity contribution in [3.63, 3.8) is 0 Å². The summed E-state index contributed by atoms with van der Waals surface area (Å²) in [6, 6.07) is 5.81. The molecule has 6 heteroatoms. The molecule has 0 saturated heterocycles. The van der Waals surface area contributed by atoms with Crippen molar-refractivity contribution in [2.24, 2.45) is 0 Å². The fourth-order valence-corrected chi connectivity index (χ4v) is 2.34. The number of nitrogen functional groups attached to an aromatic ring is 1. The van der Waals surface area contributed by atoms with Crippen LogP contribution in [0.5, 0.6) is 0 Å². The summed E-state index contributed by atoms with van der Waals surface area (Å²) in [6.07, 6.45) is 0. The summed E-state index contributed by atoms with van der Waals surface area (Å²) in [6.45, 7) is 6.71. The third-order valence-electron chi connectivity index (χ3n) is 3.49. The first-order valence-corrected chi connectivity index (χ1v) is 7.17. The first kappa shape index (κ1) is 15.9. The summed E-state index contributed by atoms with van der Waals surface area (Å²) in [7, 11) is 0. The van der Waals surface area contributed by atoms with E-state index < -0.39 is 0 Å². The average molecular weight is 302 g/mol. The number of carbonyl (C=O) groups is 1. The Morgan fingerprint density at radius 2 is 1.77 bits per heavy atom. The predicted octanol–water partition coefficient (Wildman–Crippen LogP) is 2.66. The van der Waals surface area contributed by atoms with Crippen LogP contribution in [0.2, 0.25) is 0 Å². The number of hydrogen-bond acceptors (Lipinski definition) is 4. The van der Waals surface area contributed by atoms with Gasteiger partial charge in [0.25, 0.3) is 5.91 Å². The topological polar surface area (TPSA) is 72.1 Å². The smallest absolute Gasteiger partial charge is 0.257 e. The molecule has 2 rings (SSSR count). The number of benzene rings is 1. The Morgan fingerprint density at radius 1 is 1.18 bits per heavy atom. The number of hydrogen-bond donors (Lipinski definition) is 1. The fourth-order valence-electron chi connectivity index (χ4n) is 2.34. The highest BCUT2D eigenvalue weighted by atomic mass is 19.1. The molecule has 0 spiro atoms. The lowest BCUT2D eigenvalue weighted by atomic mass is 10.0. The summed E-state index contributed by atoms with van der Waals surface area (Å²) in [4.78, 5) is 22.7. The lowest BCUT2D eigenvalue weighted by Crippen LogP contribution is -2.32. The second kappa shape index (κ2) is 6.51. The van der Waals surface area contributed by atoms with Crippen molar-refractivity contribution in [2.75, 3.05) is 18.8 Å². The van der Waals surface area contributed by atoms with E-state index in [-0.39, 0.29) is 17.7 Å². The maximum absolute atomic E-state index is 13.1. The number of amides is 1. The summed E-state index contributed by atoms with van der Waals surface area (Å²) in [5, 5.41) is 0. The number of halogens is 1. The minimum Gasteiger partial charge on any atom is -0.368 e. The van der Waals surface area contributed by atoms with Gasteiger partial charge in [0.2, 0.25) is 5.95 Å². The Kier molecular flexibility index (Phi) is 4.70. The average Bonchev–Trinajstić information content (AvgIpc) is 2.48. The van der Waals surface area contributed by atoms with Gasteiger partial charge in [-0.15, -0.1) is 0 Å². The van der Waals surface area contributed by atoms with E-state index in [2.05, 4.69) is 9.97 Å². The monoisotopic (exact) mass is 302 g/mol. The van der Waals surface area contributed by atoms with Crippen molar-refractivity contribution in [1.29, 1.82) is 0 Å². The summed E-state index contributed by atoms with van der Waals surface area (Å²) < 4.78 is 13.1. The third kappa shape index (κ3) is 3.05. The molecule has 0 radical (unpaired) electrons. The molecule has 22 heavy (non-hydrogen) atoms. The van der Waals surface area contributed by atoms with Crippen LogP contribution < -0.4 is 5.73 Å². The van der Waals surface area contributed by atoms with E-state index in [4.69, 9.17) is 5.73 Å². The zero-order chi connectivity index (χ0) is 16.3. The van der Waals surface area contributed by atoms with Crippen LogP contribution in [0, 0.1) is 12.7 Å². The molecule has 2 N–H and O–H groups in total. The van der Waals surface area contributed by atoms with Crippen LogP contribution in [0.15, 0.2) is 24.3 Å². The lowest BCUT2D eigenvalue weighted by molar-refractivity contribution is 0.0772. The van der Waals surface area contributed by atoms with Gasteiger partial charge in [-0.05, 0) is 45.0 Å². The van der Waals surface area contributed by atoms with Crippen molar-refractivity contribution >= 4 is 11.9 Å². The van der Waals surface area contributed by atoms with Crippen molar-refractivity contribution in [3.05, 3.63) is 41.3 Å². The van der Waals surface area contributed by atoms with Crippen LogP contribution in [-0.2, 0) is 0 Å². The Bertz CT molecular complexity index is 681. The van der Waals surface area contributed by atoms with E-state index in [0.717, 1.165) is 0 Å². The Hall–Kier alpha value is -2.50. The molecular weight excluding hydrogens is 283 g/mol. The molecular formula is C16H19FN4O. The highest BCUT2D eigenvalue weighted by Gasteiger charge is 2.22. The van der Waals surface area contributed by atoms with Gasteiger partial charge in [-0.2, -0.15) is 0 Å². The number of aromatic nitrogens is 2. The summed E-state index contributed by atoms with van der Waals surface area (Å²) in [5.41, 5.74) is 7.71. The normalized spacial score (nSPS) is 10.5. The quantitative estimate of drug-likeness (QED) is 0.942. The highest BCUT2D eigenvalue weighted by Crippen LogP contribution is 2.26. The van der Waals surface area contributed by atoms with Gasteiger partial charge in [-0.25, -0.2) is 14.4 Å². The zero-order valence-corrected chi connectivity index (χ0v) is 12.9. The molecule has 2 aromatic rings. The van der Waals surface area contributed by atoms with Crippen LogP contribution in [0.3, 0.4) is 0 Å².